The van der Waals surface area contributed by atoms with E-state index in [2.05, 4.69) is 25.4 Å². The summed E-state index contributed by atoms with van der Waals surface area (Å²) < 4.78 is 0. The predicted octanol–water partition coefficient (Wildman–Crippen LogP) is 1.69. The molecule has 0 aliphatic heterocycles. The zero-order valence-electron chi connectivity index (χ0n) is 10.7. The van der Waals surface area contributed by atoms with Gasteiger partial charge in [0.2, 0.25) is 11.6 Å². The van der Waals surface area contributed by atoms with Gasteiger partial charge in [0.05, 0.1) is 5.56 Å². The minimum absolute atomic E-state index is 0.199. The van der Waals surface area contributed by atoms with Crippen LogP contribution in [0.25, 0.3) is 22.9 Å². The highest BCUT2D eigenvalue weighted by Gasteiger charge is 2.08. The average molecular weight is 279 g/mol. The number of carboxylic acid groups (broad SMARTS) is 1. The first-order valence-corrected chi connectivity index (χ1v) is 6.06. The minimum Gasteiger partial charge on any atom is -0.478 e. The molecule has 0 bridgehead atoms. The van der Waals surface area contributed by atoms with Gasteiger partial charge in [0.1, 0.15) is 5.69 Å². The van der Waals surface area contributed by atoms with Crippen LogP contribution in [0.2, 0.25) is 0 Å². The first kappa shape index (κ1) is 12.8. The molecule has 102 valence electrons. The molecule has 2 aromatic heterocycles. The highest BCUT2D eigenvalue weighted by molar-refractivity contribution is 5.88. The number of nitrogens with zero attached hydrogens (tertiary/aromatic N) is 5. The molecule has 0 aliphatic carbocycles. The Kier molecular flexibility index (Phi) is 3.30. The fraction of sp³-hybridized carbons (Fsp3) is 0. The molecule has 0 saturated heterocycles. The van der Waals surface area contributed by atoms with Crippen LogP contribution in [0.1, 0.15) is 10.4 Å². The van der Waals surface area contributed by atoms with Crippen molar-refractivity contribution in [3.63, 3.8) is 0 Å². The molecule has 7 nitrogen and oxygen atoms in total. The van der Waals surface area contributed by atoms with Gasteiger partial charge in [0, 0.05) is 11.8 Å². The maximum absolute atomic E-state index is 10.8. The fourth-order valence-electron chi connectivity index (χ4n) is 1.70. The number of hydrogen-bond acceptors (Lipinski definition) is 6. The number of aromatic nitrogens is 5. The van der Waals surface area contributed by atoms with E-state index in [4.69, 9.17) is 5.11 Å². The smallest absolute Gasteiger partial charge is 0.335 e. The van der Waals surface area contributed by atoms with E-state index in [1.165, 1.54) is 12.1 Å². The number of carboxylic acids is 1. The molecule has 0 fully saturated rings. The lowest BCUT2D eigenvalue weighted by molar-refractivity contribution is 0.0697. The van der Waals surface area contributed by atoms with Crippen molar-refractivity contribution in [1.29, 1.82) is 0 Å². The number of benzene rings is 1. The topological polar surface area (TPSA) is 102 Å². The molecule has 1 aromatic carbocycles. The van der Waals surface area contributed by atoms with Crippen LogP contribution in [0.4, 0.5) is 0 Å². The number of rotatable bonds is 3. The van der Waals surface area contributed by atoms with Gasteiger partial charge in [-0.3, -0.25) is 4.98 Å². The Morgan fingerprint density at radius 2 is 1.52 bits per heavy atom. The van der Waals surface area contributed by atoms with Crippen LogP contribution in [0.15, 0.2) is 48.7 Å². The standard InChI is InChI=1S/C14H9N5O2/c20-14(21)10-6-4-9(5-7-10)12-16-18-13(19-17-12)11-3-1-2-8-15-11/h1-8H,(H,20,21). The molecule has 0 unspecified atom stereocenters. The summed E-state index contributed by atoms with van der Waals surface area (Å²) in [7, 11) is 0. The van der Waals surface area contributed by atoms with Crippen LogP contribution in [0.3, 0.4) is 0 Å². The van der Waals surface area contributed by atoms with Crippen LogP contribution < -0.4 is 0 Å². The Morgan fingerprint density at radius 3 is 2.10 bits per heavy atom. The molecule has 2 heterocycles. The molecule has 0 saturated carbocycles. The van der Waals surface area contributed by atoms with Gasteiger partial charge < -0.3 is 5.11 Å². The Bertz CT molecular complexity index is 758. The van der Waals surface area contributed by atoms with Crippen LogP contribution in [0.5, 0.6) is 0 Å². The van der Waals surface area contributed by atoms with Crippen molar-refractivity contribution >= 4 is 5.97 Å². The largest absolute Gasteiger partial charge is 0.478 e. The summed E-state index contributed by atoms with van der Waals surface area (Å²) in [6.45, 7) is 0. The van der Waals surface area contributed by atoms with E-state index in [1.807, 2.05) is 6.07 Å². The first-order chi connectivity index (χ1) is 10.2. The summed E-state index contributed by atoms with van der Waals surface area (Å²) in [6, 6.07) is 11.6. The van der Waals surface area contributed by atoms with Gasteiger partial charge in [-0.2, -0.15) is 0 Å². The van der Waals surface area contributed by atoms with Gasteiger partial charge in [-0.1, -0.05) is 18.2 Å². The zero-order chi connectivity index (χ0) is 14.7. The SMILES string of the molecule is O=C(O)c1ccc(-c2nnc(-c3ccccn3)nn2)cc1. The van der Waals surface area contributed by atoms with E-state index in [-0.39, 0.29) is 5.56 Å². The van der Waals surface area contributed by atoms with Gasteiger partial charge in [-0.15, -0.1) is 20.4 Å². The monoisotopic (exact) mass is 279 g/mol. The summed E-state index contributed by atoms with van der Waals surface area (Å²) in [5, 5.41) is 24.8. The quantitative estimate of drug-likeness (QED) is 0.778. The maximum Gasteiger partial charge on any atom is 0.335 e. The molecular weight excluding hydrogens is 270 g/mol. The van der Waals surface area contributed by atoms with Crippen molar-refractivity contribution in [2.24, 2.45) is 0 Å². The highest BCUT2D eigenvalue weighted by Crippen LogP contribution is 2.15. The predicted molar refractivity (Wildman–Crippen MR) is 73.2 cm³/mol. The second kappa shape index (κ2) is 5.41. The summed E-state index contributed by atoms with van der Waals surface area (Å²) in [5.74, 6) is -0.322. The summed E-state index contributed by atoms with van der Waals surface area (Å²) >= 11 is 0. The van der Waals surface area contributed by atoms with Crippen molar-refractivity contribution in [3.05, 3.63) is 54.2 Å². The Balaban J connectivity index is 1.89. The van der Waals surface area contributed by atoms with Gasteiger partial charge in [0.15, 0.2) is 0 Å². The zero-order valence-corrected chi connectivity index (χ0v) is 10.7. The van der Waals surface area contributed by atoms with Crippen LogP contribution in [-0.2, 0) is 0 Å². The van der Waals surface area contributed by atoms with Gasteiger partial charge in [0.25, 0.3) is 0 Å². The molecule has 0 spiro atoms. The van der Waals surface area contributed by atoms with E-state index in [0.717, 1.165) is 0 Å². The van der Waals surface area contributed by atoms with Crippen LogP contribution >= 0.6 is 0 Å². The van der Waals surface area contributed by atoms with E-state index in [1.54, 1.807) is 30.5 Å². The van der Waals surface area contributed by atoms with Crippen LogP contribution in [0, 0.1) is 0 Å². The van der Waals surface area contributed by atoms with Gasteiger partial charge >= 0.3 is 5.97 Å². The summed E-state index contributed by atoms with van der Waals surface area (Å²) in [6.07, 6.45) is 1.64. The molecule has 1 N–H and O–H groups in total. The average Bonchev–Trinajstić information content (AvgIpc) is 2.56. The van der Waals surface area contributed by atoms with E-state index >= 15 is 0 Å². The van der Waals surface area contributed by atoms with Gasteiger partial charge in [-0.25, -0.2) is 4.79 Å². The van der Waals surface area contributed by atoms with Crippen molar-refractivity contribution in [2.75, 3.05) is 0 Å². The van der Waals surface area contributed by atoms with Crippen molar-refractivity contribution in [2.45, 2.75) is 0 Å². The molecule has 21 heavy (non-hydrogen) atoms. The van der Waals surface area contributed by atoms with E-state index in [9.17, 15) is 4.79 Å². The molecule has 7 heteroatoms. The highest BCUT2D eigenvalue weighted by atomic mass is 16.4. The molecule has 3 aromatic rings. The third-order valence-corrected chi connectivity index (χ3v) is 2.76. The fourth-order valence-corrected chi connectivity index (χ4v) is 1.70. The number of pyridine rings is 1. The second-order valence-corrected chi connectivity index (χ2v) is 4.14. The molecule has 0 amide bonds. The van der Waals surface area contributed by atoms with Crippen molar-refractivity contribution in [3.8, 4) is 22.9 Å². The lowest BCUT2D eigenvalue weighted by atomic mass is 10.1. The molecule has 0 radical (unpaired) electrons. The van der Waals surface area contributed by atoms with E-state index in [0.29, 0.717) is 22.9 Å². The number of carbonyl (C=O) groups is 1. The lowest BCUT2D eigenvalue weighted by Crippen LogP contribution is -2.01. The Hall–Kier alpha value is -3.22. The minimum atomic E-state index is -0.982. The summed E-state index contributed by atoms with van der Waals surface area (Å²) in [4.78, 5) is 14.9. The third kappa shape index (κ3) is 2.71. The molecule has 0 aliphatic rings. The van der Waals surface area contributed by atoms with Gasteiger partial charge in [-0.05, 0) is 24.3 Å². The van der Waals surface area contributed by atoms with Crippen molar-refractivity contribution < 1.29 is 9.90 Å². The Morgan fingerprint density at radius 1 is 0.857 bits per heavy atom. The van der Waals surface area contributed by atoms with Crippen LogP contribution in [-0.4, -0.2) is 36.5 Å². The number of hydrogen-bond donors (Lipinski definition) is 1. The second-order valence-electron chi connectivity index (χ2n) is 4.14. The van der Waals surface area contributed by atoms with E-state index < -0.39 is 5.97 Å². The third-order valence-electron chi connectivity index (χ3n) is 2.76. The maximum atomic E-state index is 10.8. The van der Waals surface area contributed by atoms with Crippen molar-refractivity contribution in [1.82, 2.24) is 25.4 Å². The molecular formula is C14H9N5O2. The first-order valence-electron chi connectivity index (χ1n) is 6.06. The normalized spacial score (nSPS) is 10.3. The Labute approximate surface area is 119 Å². The number of aromatic carboxylic acids is 1. The lowest BCUT2D eigenvalue weighted by Gasteiger charge is -2.00. The summed E-state index contributed by atoms with van der Waals surface area (Å²) in [5.41, 5.74) is 1.43. The molecule has 3 rings (SSSR count). The molecule has 0 atom stereocenters.